The van der Waals surface area contributed by atoms with Crippen molar-refractivity contribution in [3.63, 3.8) is 0 Å². The maximum Gasteiger partial charge on any atom is 0.302 e. The molecular formula is C27H46O4. The van der Waals surface area contributed by atoms with Gasteiger partial charge in [0.05, 0.1) is 6.10 Å². The lowest BCUT2D eigenvalue weighted by molar-refractivity contribution is -0.207. The Balaban J connectivity index is 1.62. The molecule has 4 heteroatoms. The fourth-order valence-corrected chi connectivity index (χ4v) is 9.66. The van der Waals surface area contributed by atoms with Gasteiger partial charge in [0.25, 0.3) is 0 Å². The molecule has 0 aliphatic heterocycles. The van der Waals surface area contributed by atoms with Gasteiger partial charge in [-0.3, -0.25) is 4.79 Å². The molecule has 0 spiro atoms. The predicted molar refractivity (Wildman–Crippen MR) is 122 cm³/mol. The van der Waals surface area contributed by atoms with Crippen LogP contribution in [-0.4, -0.2) is 35.0 Å². The van der Waals surface area contributed by atoms with Gasteiger partial charge in [-0.2, -0.15) is 0 Å². The van der Waals surface area contributed by atoms with E-state index in [4.69, 9.17) is 4.74 Å². The largest absolute Gasteiger partial charge is 0.463 e. The van der Waals surface area contributed by atoms with Crippen LogP contribution in [0.2, 0.25) is 0 Å². The lowest BCUT2D eigenvalue weighted by Crippen LogP contribution is -2.62. The summed E-state index contributed by atoms with van der Waals surface area (Å²) < 4.78 is 5.66. The molecule has 178 valence electrons. The number of carbonyl (C=O) groups is 1. The molecule has 0 amide bonds. The number of ether oxygens (including phenoxy) is 1. The smallest absolute Gasteiger partial charge is 0.302 e. The molecule has 0 aromatic heterocycles. The monoisotopic (exact) mass is 434 g/mol. The van der Waals surface area contributed by atoms with Crippen molar-refractivity contribution in [1.82, 2.24) is 0 Å². The van der Waals surface area contributed by atoms with Crippen LogP contribution in [0.5, 0.6) is 0 Å². The van der Waals surface area contributed by atoms with Crippen molar-refractivity contribution in [3.05, 3.63) is 0 Å². The highest BCUT2D eigenvalue weighted by Gasteiger charge is 2.65. The number of esters is 1. The lowest BCUT2D eigenvalue weighted by atomic mass is 9.41. The highest BCUT2D eigenvalue weighted by molar-refractivity contribution is 5.66. The SMILES string of the molecule is CC[C@@H]1C2C[C@H](OC(C)=O)CC[C@]2(C)C2CC[C@@]3(C)C(CCC3[C@H](C)CCO)C2[C@@H]1O. The summed E-state index contributed by atoms with van der Waals surface area (Å²) >= 11 is 0. The van der Waals surface area contributed by atoms with Gasteiger partial charge in [0.2, 0.25) is 0 Å². The third kappa shape index (κ3) is 3.68. The van der Waals surface area contributed by atoms with E-state index in [-0.39, 0.29) is 30.2 Å². The summed E-state index contributed by atoms with van der Waals surface area (Å²) in [6.07, 6.45) is 9.69. The van der Waals surface area contributed by atoms with E-state index in [0.717, 1.165) is 32.1 Å². The molecular weight excluding hydrogens is 388 g/mol. The van der Waals surface area contributed by atoms with Gasteiger partial charge in [-0.1, -0.05) is 34.1 Å². The van der Waals surface area contributed by atoms with E-state index in [1.54, 1.807) is 0 Å². The van der Waals surface area contributed by atoms with Crippen molar-refractivity contribution >= 4 is 5.97 Å². The number of rotatable bonds is 5. The molecule has 0 heterocycles. The van der Waals surface area contributed by atoms with Crippen LogP contribution in [0.15, 0.2) is 0 Å². The number of hydrogen-bond donors (Lipinski definition) is 2. The maximum atomic E-state index is 11.8. The van der Waals surface area contributed by atoms with Crippen molar-refractivity contribution in [2.24, 2.45) is 52.3 Å². The lowest BCUT2D eigenvalue weighted by Gasteiger charge is -2.64. The zero-order valence-corrected chi connectivity index (χ0v) is 20.5. The molecule has 11 atom stereocenters. The number of aliphatic hydroxyl groups excluding tert-OH is 2. The third-order valence-electron chi connectivity index (χ3n) is 11.0. The minimum atomic E-state index is -0.235. The van der Waals surface area contributed by atoms with Crippen molar-refractivity contribution in [1.29, 1.82) is 0 Å². The topological polar surface area (TPSA) is 66.8 Å². The van der Waals surface area contributed by atoms with E-state index in [1.165, 1.54) is 32.6 Å². The summed E-state index contributed by atoms with van der Waals surface area (Å²) in [6.45, 7) is 11.4. The van der Waals surface area contributed by atoms with E-state index < -0.39 is 0 Å². The molecule has 0 saturated heterocycles. The Kier molecular flexibility index (Phi) is 6.55. The molecule has 0 aromatic carbocycles. The van der Waals surface area contributed by atoms with Crippen LogP contribution in [0.1, 0.15) is 92.4 Å². The van der Waals surface area contributed by atoms with Gasteiger partial charge in [-0.05, 0) is 104 Å². The molecule has 2 N–H and O–H groups in total. The zero-order valence-electron chi connectivity index (χ0n) is 20.5. The minimum Gasteiger partial charge on any atom is -0.463 e. The molecule has 0 bridgehead atoms. The Bertz CT molecular complexity index is 664. The predicted octanol–water partition coefficient (Wildman–Crippen LogP) is 5.20. The molecule has 4 rings (SSSR count). The highest BCUT2D eigenvalue weighted by atomic mass is 16.5. The van der Waals surface area contributed by atoms with Crippen LogP contribution in [0.25, 0.3) is 0 Å². The first-order valence-corrected chi connectivity index (χ1v) is 13.1. The maximum absolute atomic E-state index is 11.8. The molecule has 4 nitrogen and oxygen atoms in total. The first-order chi connectivity index (χ1) is 14.7. The third-order valence-corrected chi connectivity index (χ3v) is 11.0. The Morgan fingerprint density at radius 3 is 2.39 bits per heavy atom. The van der Waals surface area contributed by atoms with Crippen molar-refractivity contribution < 1.29 is 19.7 Å². The number of aliphatic hydroxyl groups is 2. The Labute approximate surface area is 189 Å². The zero-order chi connectivity index (χ0) is 22.6. The van der Waals surface area contributed by atoms with Crippen LogP contribution in [0, 0.1) is 52.3 Å². The van der Waals surface area contributed by atoms with Crippen molar-refractivity contribution in [3.8, 4) is 0 Å². The number of carbonyl (C=O) groups excluding carboxylic acids is 1. The quantitative estimate of drug-likeness (QED) is 0.584. The van der Waals surface area contributed by atoms with Crippen molar-refractivity contribution in [2.45, 2.75) is 105 Å². The van der Waals surface area contributed by atoms with E-state index in [1.807, 2.05) is 0 Å². The summed E-state index contributed by atoms with van der Waals surface area (Å²) in [5, 5.41) is 21.4. The van der Waals surface area contributed by atoms with Crippen molar-refractivity contribution in [2.75, 3.05) is 6.61 Å². The summed E-state index contributed by atoms with van der Waals surface area (Å²) in [5.41, 5.74) is 0.546. The van der Waals surface area contributed by atoms with Crippen LogP contribution in [0.4, 0.5) is 0 Å². The van der Waals surface area contributed by atoms with Gasteiger partial charge in [0, 0.05) is 13.5 Å². The first-order valence-electron chi connectivity index (χ1n) is 13.1. The Hall–Kier alpha value is -0.610. The standard InChI is InChI=1S/C27H46O4/c1-6-19-23-15-18(31-17(3)29)9-12-27(23,5)22-10-13-26(4)20(16(2)11-14-28)7-8-21(26)24(22)25(19)30/h16,18-25,28,30H,6-15H2,1-5H3/t16-,18-,19-,20?,21?,22?,23?,24?,25-,26-,27-/m1/s1. The van der Waals surface area contributed by atoms with Gasteiger partial charge in [0.1, 0.15) is 6.10 Å². The van der Waals surface area contributed by atoms with Gasteiger partial charge in [-0.15, -0.1) is 0 Å². The molecule has 4 aliphatic rings. The normalized spacial score (nSPS) is 50.2. The summed E-state index contributed by atoms with van der Waals surface area (Å²) in [5.74, 6) is 3.40. The molecule has 4 aliphatic carbocycles. The second-order valence-electron chi connectivity index (χ2n) is 12.2. The number of hydrogen-bond acceptors (Lipinski definition) is 4. The van der Waals surface area contributed by atoms with Crippen LogP contribution < -0.4 is 0 Å². The molecule has 31 heavy (non-hydrogen) atoms. The summed E-state index contributed by atoms with van der Waals surface area (Å²) in [7, 11) is 0. The highest BCUT2D eigenvalue weighted by Crippen LogP contribution is 2.69. The fraction of sp³-hybridized carbons (Fsp3) is 0.963. The van der Waals surface area contributed by atoms with Gasteiger partial charge in [-0.25, -0.2) is 0 Å². The van der Waals surface area contributed by atoms with Crippen LogP contribution >= 0.6 is 0 Å². The Morgan fingerprint density at radius 1 is 1.06 bits per heavy atom. The first kappa shape index (κ1) is 23.5. The van der Waals surface area contributed by atoms with Gasteiger partial charge in [0.15, 0.2) is 0 Å². The average Bonchev–Trinajstić information content (AvgIpc) is 3.06. The molecule has 0 radical (unpaired) electrons. The van der Waals surface area contributed by atoms with Crippen LogP contribution in [-0.2, 0) is 9.53 Å². The van der Waals surface area contributed by atoms with E-state index in [2.05, 4.69) is 27.7 Å². The number of fused-ring (bicyclic) bond motifs is 5. The fourth-order valence-electron chi connectivity index (χ4n) is 9.66. The summed E-state index contributed by atoms with van der Waals surface area (Å²) in [4.78, 5) is 11.6. The molecule has 0 aromatic rings. The van der Waals surface area contributed by atoms with E-state index in [9.17, 15) is 15.0 Å². The Morgan fingerprint density at radius 2 is 1.74 bits per heavy atom. The van der Waals surface area contributed by atoms with Gasteiger partial charge < -0.3 is 14.9 Å². The molecule has 4 fully saturated rings. The molecule has 5 unspecified atom stereocenters. The van der Waals surface area contributed by atoms with E-state index >= 15 is 0 Å². The average molecular weight is 435 g/mol. The van der Waals surface area contributed by atoms with Crippen LogP contribution in [0.3, 0.4) is 0 Å². The second kappa shape index (κ2) is 8.63. The second-order valence-corrected chi connectivity index (χ2v) is 12.2. The molecule has 4 saturated carbocycles. The van der Waals surface area contributed by atoms with Gasteiger partial charge >= 0.3 is 5.97 Å². The summed E-state index contributed by atoms with van der Waals surface area (Å²) in [6, 6.07) is 0. The minimum absolute atomic E-state index is 0.0254. The van der Waals surface area contributed by atoms with E-state index in [0.29, 0.717) is 46.8 Å².